The zero-order chi connectivity index (χ0) is 17.3. The van der Waals surface area contributed by atoms with E-state index in [1.165, 1.54) is 0 Å². The number of anilines is 2. The van der Waals surface area contributed by atoms with Gasteiger partial charge < -0.3 is 11.1 Å². The number of aromatic nitrogens is 1. The molecule has 3 N–H and O–H groups in total. The monoisotopic (exact) mass is 332 g/mol. The summed E-state index contributed by atoms with van der Waals surface area (Å²) in [6.07, 6.45) is -2.04. The van der Waals surface area contributed by atoms with Crippen molar-refractivity contribution in [2.75, 3.05) is 11.1 Å². The number of rotatable bonds is 2. The van der Waals surface area contributed by atoms with Gasteiger partial charge in [-0.15, -0.1) is 0 Å². The number of nitrogen functional groups attached to an aromatic ring is 1. The summed E-state index contributed by atoms with van der Waals surface area (Å²) < 4.78 is 38.6. The number of fused-ring (bicyclic) bond motifs is 1. The standard InChI is InChI=1S/C17H15F3N4/c18-17(19,20)15-7-4-11(9-21)16(24-15)23-14-3-1-2-10-8-12(22)5-6-13(10)14/h4-8,14H,1-3,22H2,(H,23,24). The van der Waals surface area contributed by atoms with E-state index in [0.29, 0.717) is 5.69 Å². The van der Waals surface area contributed by atoms with Crippen LogP contribution in [-0.4, -0.2) is 4.98 Å². The molecule has 1 aromatic heterocycles. The molecule has 0 bridgehead atoms. The minimum atomic E-state index is -4.55. The van der Waals surface area contributed by atoms with E-state index < -0.39 is 11.9 Å². The Balaban J connectivity index is 1.96. The van der Waals surface area contributed by atoms with Gasteiger partial charge in [-0.25, -0.2) is 4.98 Å². The smallest absolute Gasteiger partial charge is 0.399 e. The highest BCUT2D eigenvalue weighted by atomic mass is 19.4. The fourth-order valence-electron chi connectivity index (χ4n) is 2.97. The van der Waals surface area contributed by atoms with E-state index in [1.54, 1.807) is 6.07 Å². The van der Waals surface area contributed by atoms with Crippen molar-refractivity contribution in [1.82, 2.24) is 4.98 Å². The Morgan fingerprint density at radius 2 is 2.04 bits per heavy atom. The third kappa shape index (κ3) is 3.13. The van der Waals surface area contributed by atoms with Gasteiger partial charge in [-0.1, -0.05) is 6.07 Å². The molecule has 1 unspecified atom stereocenters. The average Bonchev–Trinajstić information content (AvgIpc) is 2.54. The van der Waals surface area contributed by atoms with Crippen LogP contribution in [0.2, 0.25) is 0 Å². The van der Waals surface area contributed by atoms with Crippen LogP contribution in [0, 0.1) is 11.3 Å². The van der Waals surface area contributed by atoms with Gasteiger partial charge >= 0.3 is 6.18 Å². The summed E-state index contributed by atoms with van der Waals surface area (Å²) in [7, 11) is 0. The Morgan fingerprint density at radius 3 is 2.75 bits per heavy atom. The van der Waals surface area contributed by atoms with Crippen LogP contribution in [-0.2, 0) is 12.6 Å². The van der Waals surface area contributed by atoms with E-state index in [0.717, 1.165) is 42.5 Å². The van der Waals surface area contributed by atoms with Crippen molar-refractivity contribution in [3.05, 3.63) is 52.7 Å². The number of hydrogen-bond donors (Lipinski definition) is 2. The first-order valence-electron chi connectivity index (χ1n) is 7.51. The van der Waals surface area contributed by atoms with Gasteiger partial charge in [0.2, 0.25) is 0 Å². The molecule has 24 heavy (non-hydrogen) atoms. The predicted octanol–water partition coefficient (Wildman–Crippen LogP) is 4.04. The molecule has 0 saturated heterocycles. The van der Waals surface area contributed by atoms with Crippen LogP contribution in [0.25, 0.3) is 0 Å². The van der Waals surface area contributed by atoms with Crippen molar-refractivity contribution < 1.29 is 13.2 Å². The first-order chi connectivity index (χ1) is 11.4. The molecule has 0 amide bonds. The molecule has 0 aliphatic heterocycles. The molecular formula is C17H15F3N4. The SMILES string of the molecule is N#Cc1ccc(C(F)(F)F)nc1NC1CCCc2cc(N)ccc21. The van der Waals surface area contributed by atoms with Crippen LogP contribution in [0.5, 0.6) is 0 Å². The summed E-state index contributed by atoms with van der Waals surface area (Å²) in [6.45, 7) is 0. The number of nitrogens with one attached hydrogen (secondary N) is 1. The number of aryl methyl sites for hydroxylation is 1. The van der Waals surface area contributed by atoms with Crippen LogP contribution < -0.4 is 11.1 Å². The van der Waals surface area contributed by atoms with Gasteiger partial charge in [-0.3, -0.25) is 0 Å². The van der Waals surface area contributed by atoms with Gasteiger partial charge in [0, 0.05) is 5.69 Å². The molecule has 1 aromatic carbocycles. The van der Waals surface area contributed by atoms with E-state index in [4.69, 9.17) is 11.0 Å². The number of nitrogens with zero attached hydrogens (tertiary/aromatic N) is 2. The lowest BCUT2D eigenvalue weighted by atomic mass is 9.87. The maximum absolute atomic E-state index is 12.9. The number of pyridine rings is 1. The molecule has 0 fully saturated rings. The lowest BCUT2D eigenvalue weighted by molar-refractivity contribution is -0.141. The van der Waals surface area contributed by atoms with Gasteiger partial charge in [0.25, 0.3) is 0 Å². The zero-order valence-corrected chi connectivity index (χ0v) is 12.7. The Hall–Kier alpha value is -2.75. The second-order valence-electron chi connectivity index (χ2n) is 5.75. The number of nitriles is 1. The summed E-state index contributed by atoms with van der Waals surface area (Å²) in [6, 6.07) is 9.18. The largest absolute Gasteiger partial charge is 0.433 e. The number of hydrogen-bond acceptors (Lipinski definition) is 4. The minimum absolute atomic E-state index is 0.0398. The summed E-state index contributed by atoms with van der Waals surface area (Å²) in [5.74, 6) is -0.0398. The fourth-order valence-corrected chi connectivity index (χ4v) is 2.97. The van der Waals surface area contributed by atoms with E-state index >= 15 is 0 Å². The zero-order valence-electron chi connectivity index (χ0n) is 12.7. The second-order valence-corrected chi connectivity index (χ2v) is 5.75. The van der Waals surface area contributed by atoms with Gasteiger partial charge in [0.05, 0.1) is 11.6 Å². The average molecular weight is 332 g/mol. The maximum atomic E-state index is 12.9. The first-order valence-corrected chi connectivity index (χ1v) is 7.51. The van der Waals surface area contributed by atoms with E-state index in [2.05, 4.69) is 10.3 Å². The summed E-state index contributed by atoms with van der Waals surface area (Å²) in [4.78, 5) is 3.62. The van der Waals surface area contributed by atoms with Crippen LogP contribution in [0.3, 0.4) is 0 Å². The van der Waals surface area contributed by atoms with Crippen molar-refractivity contribution >= 4 is 11.5 Å². The Labute approximate surface area is 137 Å². The highest BCUT2D eigenvalue weighted by Gasteiger charge is 2.33. The van der Waals surface area contributed by atoms with Gasteiger partial charge in [-0.05, 0) is 54.7 Å². The third-order valence-electron chi connectivity index (χ3n) is 4.10. The molecule has 0 radical (unpaired) electrons. The molecule has 3 rings (SSSR count). The molecule has 4 nitrogen and oxygen atoms in total. The van der Waals surface area contributed by atoms with Crippen LogP contribution in [0.4, 0.5) is 24.7 Å². The molecule has 7 heteroatoms. The van der Waals surface area contributed by atoms with Crippen molar-refractivity contribution in [2.45, 2.75) is 31.5 Å². The molecule has 0 spiro atoms. The summed E-state index contributed by atoms with van der Waals surface area (Å²) in [5, 5.41) is 12.2. The molecule has 1 heterocycles. The Bertz CT molecular complexity index is 808. The molecular weight excluding hydrogens is 317 g/mol. The first kappa shape index (κ1) is 16.1. The fraction of sp³-hybridized carbons (Fsp3) is 0.294. The highest BCUT2D eigenvalue weighted by molar-refractivity contribution is 5.55. The van der Waals surface area contributed by atoms with Crippen molar-refractivity contribution in [1.29, 1.82) is 5.26 Å². The van der Waals surface area contributed by atoms with Crippen molar-refractivity contribution in [3.63, 3.8) is 0 Å². The molecule has 0 saturated carbocycles. The quantitative estimate of drug-likeness (QED) is 0.814. The van der Waals surface area contributed by atoms with Gasteiger partial charge in [0.15, 0.2) is 0 Å². The lowest BCUT2D eigenvalue weighted by Gasteiger charge is -2.27. The van der Waals surface area contributed by atoms with Crippen molar-refractivity contribution in [2.24, 2.45) is 0 Å². The number of nitrogens with two attached hydrogens (primary N) is 1. The topological polar surface area (TPSA) is 74.7 Å². The number of alkyl halides is 3. The summed E-state index contributed by atoms with van der Waals surface area (Å²) >= 11 is 0. The van der Waals surface area contributed by atoms with Crippen LogP contribution in [0.1, 0.15) is 41.3 Å². The molecule has 1 atom stereocenters. The second kappa shape index (κ2) is 6.04. The minimum Gasteiger partial charge on any atom is -0.399 e. The van der Waals surface area contributed by atoms with E-state index in [9.17, 15) is 13.2 Å². The molecule has 124 valence electrons. The van der Waals surface area contributed by atoms with Crippen molar-refractivity contribution in [3.8, 4) is 6.07 Å². The predicted molar refractivity (Wildman–Crippen MR) is 84.1 cm³/mol. The highest BCUT2D eigenvalue weighted by Crippen LogP contribution is 2.35. The molecule has 1 aliphatic rings. The maximum Gasteiger partial charge on any atom is 0.433 e. The molecule has 2 aromatic rings. The normalized spacial score (nSPS) is 17.0. The van der Waals surface area contributed by atoms with Crippen LogP contribution >= 0.6 is 0 Å². The van der Waals surface area contributed by atoms with Gasteiger partial charge in [-0.2, -0.15) is 18.4 Å². The van der Waals surface area contributed by atoms with E-state index in [-0.39, 0.29) is 17.4 Å². The Morgan fingerprint density at radius 1 is 1.25 bits per heavy atom. The van der Waals surface area contributed by atoms with Crippen LogP contribution in [0.15, 0.2) is 30.3 Å². The Kier molecular flexibility index (Phi) is 4.06. The third-order valence-corrected chi connectivity index (χ3v) is 4.10. The number of benzene rings is 1. The van der Waals surface area contributed by atoms with E-state index in [1.807, 2.05) is 18.2 Å². The lowest BCUT2D eigenvalue weighted by Crippen LogP contribution is -2.20. The van der Waals surface area contributed by atoms with Gasteiger partial charge in [0.1, 0.15) is 17.6 Å². The summed E-state index contributed by atoms with van der Waals surface area (Å²) in [5.41, 5.74) is 7.58. The number of halogens is 3. The molecule has 1 aliphatic carbocycles.